The van der Waals surface area contributed by atoms with E-state index in [0.717, 1.165) is 32.2 Å². The highest BCUT2D eigenvalue weighted by molar-refractivity contribution is 7.86. The van der Waals surface area contributed by atoms with Crippen LogP contribution in [0.3, 0.4) is 0 Å². The average molecular weight is 292 g/mol. The predicted molar refractivity (Wildman–Crippen MR) is 68.0 cm³/mol. The lowest BCUT2D eigenvalue weighted by Gasteiger charge is -2.35. The Morgan fingerprint density at radius 2 is 1.89 bits per heavy atom. The summed E-state index contributed by atoms with van der Waals surface area (Å²) in [6.45, 7) is 3.58. The monoisotopic (exact) mass is 292 g/mol. The Kier molecular flexibility index (Phi) is 4.03. The van der Waals surface area contributed by atoms with E-state index in [1.165, 1.54) is 0 Å². The molecule has 0 N–H and O–H groups in total. The molecule has 0 aromatic heterocycles. The van der Waals surface area contributed by atoms with E-state index in [1.54, 1.807) is 11.8 Å². The standard InChI is InChI=1S/C11H20N2O5S/c1-8-10(18-19(3,15)16)17-11(14)13(8)9-4-6-12(2)7-5-9/h8-10H,4-7H2,1-3H3. The number of piperidine rings is 1. The minimum atomic E-state index is -3.64. The first kappa shape index (κ1) is 14.5. The Labute approximate surface area is 113 Å². The molecule has 2 heterocycles. The number of hydrogen-bond donors (Lipinski definition) is 0. The molecular formula is C11H20N2O5S. The van der Waals surface area contributed by atoms with Gasteiger partial charge < -0.3 is 9.64 Å². The quantitative estimate of drug-likeness (QED) is 0.693. The van der Waals surface area contributed by atoms with Crippen molar-refractivity contribution in [3.05, 3.63) is 0 Å². The van der Waals surface area contributed by atoms with Crippen molar-refractivity contribution >= 4 is 16.2 Å². The second-order valence-corrected chi connectivity index (χ2v) is 6.84. The second-order valence-electron chi connectivity index (χ2n) is 5.23. The molecule has 2 aliphatic rings. The average Bonchev–Trinajstić information content (AvgIpc) is 2.54. The SMILES string of the molecule is CC1C(OS(C)(=O)=O)OC(=O)N1C1CCN(C)CC1. The van der Waals surface area contributed by atoms with Gasteiger partial charge in [-0.05, 0) is 39.9 Å². The molecule has 2 rings (SSSR count). The lowest BCUT2D eigenvalue weighted by molar-refractivity contribution is -0.00906. The van der Waals surface area contributed by atoms with Crippen LogP contribution in [0.1, 0.15) is 19.8 Å². The van der Waals surface area contributed by atoms with Crippen LogP contribution in [0, 0.1) is 0 Å². The number of hydrogen-bond acceptors (Lipinski definition) is 6. The number of carbonyl (C=O) groups is 1. The number of nitrogens with zero attached hydrogens (tertiary/aromatic N) is 2. The molecule has 2 atom stereocenters. The van der Waals surface area contributed by atoms with E-state index in [9.17, 15) is 13.2 Å². The predicted octanol–water partition coefficient (Wildman–Crippen LogP) is 0.224. The van der Waals surface area contributed by atoms with Gasteiger partial charge in [-0.25, -0.2) is 8.98 Å². The zero-order chi connectivity index (χ0) is 14.2. The summed E-state index contributed by atoms with van der Waals surface area (Å²) in [6.07, 6.45) is 1.15. The number of ether oxygens (including phenoxy) is 1. The number of rotatable bonds is 3. The molecule has 8 heteroatoms. The van der Waals surface area contributed by atoms with Gasteiger partial charge in [0.15, 0.2) is 0 Å². The third-order valence-electron chi connectivity index (χ3n) is 3.61. The Bertz CT molecular complexity index is 444. The van der Waals surface area contributed by atoms with Gasteiger partial charge in [0.1, 0.15) is 0 Å². The molecular weight excluding hydrogens is 272 g/mol. The zero-order valence-electron chi connectivity index (χ0n) is 11.4. The van der Waals surface area contributed by atoms with Crippen LogP contribution in [0.4, 0.5) is 4.79 Å². The van der Waals surface area contributed by atoms with Crippen LogP contribution < -0.4 is 0 Å². The minimum absolute atomic E-state index is 0.0897. The summed E-state index contributed by atoms with van der Waals surface area (Å²) in [5, 5.41) is 0. The molecule has 7 nitrogen and oxygen atoms in total. The normalized spacial score (nSPS) is 30.7. The summed E-state index contributed by atoms with van der Waals surface area (Å²) >= 11 is 0. The summed E-state index contributed by atoms with van der Waals surface area (Å²) in [5.41, 5.74) is 0. The van der Waals surface area contributed by atoms with Gasteiger partial charge in [-0.3, -0.25) is 4.90 Å². The maximum atomic E-state index is 11.9. The van der Waals surface area contributed by atoms with Crippen LogP contribution in [-0.4, -0.2) is 69.1 Å². The van der Waals surface area contributed by atoms with E-state index in [-0.39, 0.29) is 6.04 Å². The van der Waals surface area contributed by atoms with Crippen LogP contribution in [0.15, 0.2) is 0 Å². The number of cyclic esters (lactones) is 1. The van der Waals surface area contributed by atoms with Crippen LogP contribution in [0.2, 0.25) is 0 Å². The fourth-order valence-electron chi connectivity index (χ4n) is 2.58. The second kappa shape index (κ2) is 5.26. The number of carbonyl (C=O) groups excluding carboxylic acids is 1. The Balaban J connectivity index is 2.04. The van der Waals surface area contributed by atoms with Gasteiger partial charge >= 0.3 is 6.09 Å². The van der Waals surface area contributed by atoms with E-state index in [4.69, 9.17) is 8.92 Å². The summed E-state index contributed by atoms with van der Waals surface area (Å²) < 4.78 is 32.1. The van der Waals surface area contributed by atoms with Crippen molar-refractivity contribution in [2.24, 2.45) is 0 Å². The molecule has 2 fully saturated rings. The number of likely N-dealkylation sites (tertiary alicyclic amines) is 1. The van der Waals surface area contributed by atoms with Gasteiger partial charge in [-0.2, -0.15) is 8.42 Å². The Hall–Kier alpha value is -0.860. The van der Waals surface area contributed by atoms with Crippen LogP contribution >= 0.6 is 0 Å². The molecule has 0 aromatic rings. The van der Waals surface area contributed by atoms with Gasteiger partial charge in [0, 0.05) is 6.04 Å². The molecule has 0 spiro atoms. The van der Waals surface area contributed by atoms with Gasteiger partial charge in [-0.15, -0.1) is 0 Å². The molecule has 0 saturated carbocycles. The largest absolute Gasteiger partial charge is 0.416 e. The third-order valence-corrected chi connectivity index (χ3v) is 4.15. The van der Waals surface area contributed by atoms with E-state index < -0.39 is 28.5 Å². The van der Waals surface area contributed by atoms with Crippen molar-refractivity contribution in [1.82, 2.24) is 9.80 Å². The third kappa shape index (κ3) is 3.37. The molecule has 0 aliphatic carbocycles. The van der Waals surface area contributed by atoms with Crippen LogP contribution in [-0.2, 0) is 19.0 Å². The number of amides is 1. The van der Waals surface area contributed by atoms with Crippen LogP contribution in [0.5, 0.6) is 0 Å². The molecule has 0 radical (unpaired) electrons. The minimum Gasteiger partial charge on any atom is -0.416 e. The lowest BCUT2D eigenvalue weighted by Crippen LogP contribution is -2.48. The topological polar surface area (TPSA) is 76.2 Å². The summed E-state index contributed by atoms with van der Waals surface area (Å²) in [4.78, 5) is 15.7. The lowest BCUT2D eigenvalue weighted by atomic mass is 10.0. The first-order valence-electron chi connectivity index (χ1n) is 6.33. The molecule has 110 valence electrons. The van der Waals surface area contributed by atoms with Crippen molar-refractivity contribution in [2.75, 3.05) is 26.4 Å². The Morgan fingerprint density at radius 3 is 2.42 bits per heavy atom. The summed E-state index contributed by atoms with van der Waals surface area (Å²) in [6, 6.07) is -0.303. The molecule has 19 heavy (non-hydrogen) atoms. The first-order chi connectivity index (χ1) is 8.78. The fraction of sp³-hybridized carbons (Fsp3) is 0.909. The fourth-order valence-corrected chi connectivity index (χ4v) is 3.13. The van der Waals surface area contributed by atoms with E-state index in [2.05, 4.69) is 4.90 Å². The van der Waals surface area contributed by atoms with E-state index >= 15 is 0 Å². The molecule has 2 saturated heterocycles. The highest BCUT2D eigenvalue weighted by Crippen LogP contribution is 2.28. The van der Waals surface area contributed by atoms with Gasteiger partial charge in [-0.1, -0.05) is 0 Å². The molecule has 0 bridgehead atoms. The van der Waals surface area contributed by atoms with Crippen LogP contribution in [0.25, 0.3) is 0 Å². The summed E-state index contributed by atoms with van der Waals surface area (Å²) in [7, 11) is -1.60. The molecule has 1 amide bonds. The maximum absolute atomic E-state index is 11.9. The van der Waals surface area contributed by atoms with Crippen molar-refractivity contribution in [3.63, 3.8) is 0 Å². The highest BCUT2D eigenvalue weighted by Gasteiger charge is 2.45. The maximum Gasteiger partial charge on any atom is 0.412 e. The molecule has 0 aromatic carbocycles. The van der Waals surface area contributed by atoms with E-state index in [1.807, 2.05) is 7.05 Å². The molecule has 2 unspecified atom stereocenters. The van der Waals surface area contributed by atoms with Crippen molar-refractivity contribution in [1.29, 1.82) is 0 Å². The van der Waals surface area contributed by atoms with Gasteiger partial charge in [0.25, 0.3) is 10.1 Å². The highest BCUT2D eigenvalue weighted by atomic mass is 32.2. The van der Waals surface area contributed by atoms with Crippen molar-refractivity contribution in [3.8, 4) is 0 Å². The smallest absolute Gasteiger partial charge is 0.412 e. The summed E-state index contributed by atoms with van der Waals surface area (Å²) in [5.74, 6) is 0. The van der Waals surface area contributed by atoms with E-state index in [0.29, 0.717) is 0 Å². The molecule has 2 aliphatic heterocycles. The van der Waals surface area contributed by atoms with Gasteiger partial charge in [0.05, 0.1) is 12.3 Å². The Morgan fingerprint density at radius 1 is 1.32 bits per heavy atom. The van der Waals surface area contributed by atoms with Crippen molar-refractivity contribution < 1.29 is 22.1 Å². The van der Waals surface area contributed by atoms with Crippen molar-refractivity contribution in [2.45, 2.75) is 38.1 Å². The first-order valence-corrected chi connectivity index (χ1v) is 8.15. The van der Waals surface area contributed by atoms with Gasteiger partial charge in [0.2, 0.25) is 6.29 Å². The zero-order valence-corrected chi connectivity index (χ0v) is 12.2.